The Morgan fingerprint density at radius 1 is 1.15 bits per heavy atom. The summed E-state index contributed by atoms with van der Waals surface area (Å²) in [4.78, 5) is 0. The van der Waals surface area contributed by atoms with Gasteiger partial charge in [0.15, 0.2) is 11.5 Å². The molecule has 0 amide bonds. The molecule has 5 nitrogen and oxygen atoms in total. The topological polar surface area (TPSA) is 72.8 Å². The average Bonchev–Trinajstić information content (AvgIpc) is 3.27. The summed E-state index contributed by atoms with van der Waals surface area (Å²) in [5.41, 5.74) is 0. The van der Waals surface area contributed by atoms with Gasteiger partial charge in [-0.15, -0.1) is 23.1 Å². The van der Waals surface area contributed by atoms with Gasteiger partial charge < -0.3 is 9.47 Å². The summed E-state index contributed by atoms with van der Waals surface area (Å²) < 4.78 is 42.3. The number of rotatable bonds is 10. The molecule has 0 saturated carbocycles. The van der Waals surface area contributed by atoms with Crippen LogP contribution in [0.25, 0.3) is 0 Å². The van der Waals surface area contributed by atoms with E-state index in [0.29, 0.717) is 24.2 Å². The maximum absolute atomic E-state index is 10.7. The number of ether oxygens (including phenoxy) is 2. The van der Waals surface area contributed by atoms with E-state index >= 15 is 0 Å². The summed E-state index contributed by atoms with van der Waals surface area (Å²) in [7, 11) is -3.81. The Labute approximate surface area is 192 Å². The van der Waals surface area contributed by atoms with Crippen LogP contribution in [0.15, 0.2) is 22.2 Å². The molecule has 1 aromatic heterocycles. The zero-order chi connectivity index (χ0) is 18.4. The van der Waals surface area contributed by atoms with Crippen molar-refractivity contribution >= 4 is 62.8 Å². The Kier molecular flexibility index (Phi) is 10.0. The van der Waals surface area contributed by atoms with Gasteiger partial charge in [-0.1, -0.05) is 31.8 Å². The summed E-state index contributed by atoms with van der Waals surface area (Å²) in [6.45, 7) is 0.611. The molecular formula is C18H27NaO5S3. The van der Waals surface area contributed by atoms with E-state index in [0.717, 1.165) is 50.0 Å². The molecule has 1 N–H and O–H groups in total. The second kappa shape index (κ2) is 11.5. The van der Waals surface area contributed by atoms with Crippen molar-refractivity contribution in [3.05, 3.63) is 22.2 Å². The van der Waals surface area contributed by atoms with Crippen LogP contribution in [0.2, 0.25) is 0 Å². The predicted octanol–water partition coefficient (Wildman–Crippen LogP) is 4.10. The van der Waals surface area contributed by atoms with Gasteiger partial charge in [0.1, 0.15) is 12.7 Å². The number of allylic oxidation sites excluding steroid dienone is 1. The van der Waals surface area contributed by atoms with E-state index in [9.17, 15) is 8.42 Å². The number of unbranched alkanes of at least 4 members (excludes halogenated alkanes) is 4. The molecule has 0 radical (unpaired) electrons. The summed E-state index contributed by atoms with van der Waals surface area (Å²) in [6, 6.07) is 0. The Balaban J connectivity index is 0.00000261. The molecule has 9 heteroatoms. The minimum atomic E-state index is -3.81. The van der Waals surface area contributed by atoms with Gasteiger partial charge in [0.2, 0.25) is 0 Å². The van der Waals surface area contributed by atoms with Gasteiger partial charge >= 0.3 is 29.6 Å². The number of thiophene rings is 1. The van der Waals surface area contributed by atoms with E-state index < -0.39 is 10.1 Å². The molecule has 3 unspecified atom stereocenters. The third kappa shape index (κ3) is 7.57. The van der Waals surface area contributed by atoms with Crippen LogP contribution in [0.4, 0.5) is 0 Å². The van der Waals surface area contributed by atoms with Crippen molar-refractivity contribution < 1.29 is 22.4 Å². The van der Waals surface area contributed by atoms with E-state index in [2.05, 4.69) is 11.5 Å². The molecule has 0 bridgehead atoms. The van der Waals surface area contributed by atoms with Crippen LogP contribution in [0, 0.1) is 5.92 Å². The van der Waals surface area contributed by atoms with Crippen molar-refractivity contribution in [1.82, 2.24) is 0 Å². The molecule has 0 saturated heterocycles. The average molecular weight is 443 g/mol. The van der Waals surface area contributed by atoms with Crippen LogP contribution in [0.3, 0.4) is 0 Å². The van der Waals surface area contributed by atoms with E-state index in [-0.39, 0.29) is 41.4 Å². The molecule has 3 heterocycles. The van der Waals surface area contributed by atoms with E-state index in [1.54, 1.807) is 11.3 Å². The molecule has 2 aliphatic rings. The van der Waals surface area contributed by atoms with Crippen molar-refractivity contribution in [2.75, 3.05) is 12.4 Å². The first-order valence-electron chi connectivity index (χ1n) is 9.14. The van der Waals surface area contributed by atoms with Gasteiger partial charge in [0.25, 0.3) is 10.1 Å². The van der Waals surface area contributed by atoms with Gasteiger partial charge in [-0.3, -0.25) is 4.55 Å². The second-order valence-corrected chi connectivity index (χ2v) is 10.3. The molecular weight excluding hydrogens is 415 g/mol. The van der Waals surface area contributed by atoms with E-state index in [4.69, 9.17) is 14.0 Å². The fourth-order valence-electron chi connectivity index (χ4n) is 3.53. The van der Waals surface area contributed by atoms with Crippen molar-refractivity contribution in [3.63, 3.8) is 0 Å². The van der Waals surface area contributed by atoms with Gasteiger partial charge in [0, 0.05) is 21.9 Å². The van der Waals surface area contributed by atoms with Crippen LogP contribution < -0.4 is 9.47 Å². The molecule has 148 valence electrons. The quantitative estimate of drug-likeness (QED) is 0.334. The first-order chi connectivity index (χ1) is 12.5. The van der Waals surface area contributed by atoms with Crippen molar-refractivity contribution in [2.45, 2.75) is 56.3 Å². The molecule has 3 rings (SSSR count). The Bertz CT molecular complexity index is 696. The molecule has 0 aromatic carbocycles. The Morgan fingerprint density at radius 3 is 2.63 bits per heavy atom. The van der Waals surface area contributed by atoms with Crippen molar-refractivity contribution in [2.24, 2.45) is 5.92 Å². The van der Waals surface area contributed by atoms with Crippen molar-refractivity contribution in [3.8, 4) is 11.5 Å². The Hall–Kier alpha value is 0.300. The van der Waals surface area contributed by atoms with E-state index in [1.165, 1.54) is 0 Å². The van der Waals surface area contributed by atoms with Gasteiger partial charge in [-0.2, -0.15) is 8.42 Å². The maximum atomic E-state index is 10.7. The summed E-state index contributed by atoms with van der Waals surface area (Å²) in [5.74, 6) is 2.05. The number of hydrogen-bond donors (Lipinski definition) is 1. The Morgan fingerprint density at radius 2 is 1.89 bits per heavy atom. The third-order valence-electron chi connectivity index (χ3n) is 4.89. The van der Waals surface area contributed by atoms with Gasteiger partial charge in [-0.25, -0.2) is 0 Å². The first-order valence-corrected chi connectivity index (χ1v) is 12.6. The molecule has 0 spiro atoms. The number of fused-ring (bicyclic) bond motifs is 1. The summed E-state index contributed by atoms with van der Waals surface area (Å²) >= 11 is 3.50. The van der Waals surface area contributed by atoms with Crippen LogP contribution in [-0.2, 0) is 10.1 Å². The molecule has 27 heavy (non-hydrogen) atoms. The van der Waals surface area contributed by atoms with Gasteiger partial charge in [0.05, 0.1) is 5.75 Å². The zero-order valence-corrected chi connectivity index (χ0v) is 17.2. The predicted molar refractivity (Wildman–Crippen MR) is 114 cm³/mol. The van der Waals surface area contributed by atoms with Crippen LogP contribution in [0.1, 0.15) is 44.9 Å². The SMILES string of the molecule is O=S(=O)(O)CCCCCCCC(C1COc2cscc2O1)C1CC=CS1.[NaH]. The zero-order valence-electron chi connectivity index (χ0n) is 14.7. The standard InChI is InChI=1S/C18H26O5S3.Na.H/c19-26(20,21)10-5-3-1-2-4-7-14(18-8-6-9-25-18)15-11-22-16-12-24-13-17(16)23-15;;/h6,9,12-15,18H,1-5,7-8,10-11H2,(H,19,20,21);;. The molecule has 3 atom stereocenters. The normalized spacial score (nSPS) is 22.4. The van der Waals surface area contributed by atoms with Crippen LogP contribution in [-0.4, -0.2) is 66.2 Å². The van der Waals surface area contributed by atoms with Crippen LogP contribution >= 0.6 is 23.1 Å². The van der Waals surface area contributed by atoms with Gasteiger partial charge in [-0.05, 0) is 24.7 Å². The number of thioether (sulfide) groups is 1. The van der Waals surface area contributed by atoms with Crippen molar-refractivity contribution in [1.29, 1.82) is 0 Å². The fraction of sp³-hybridized carbons (Fsp3) is 0.667. The van der Waals surface area contributed by atoms with E-state index in [1.807, 2.05) is 22.5 Å². The monoisotopic (exact) mass is 442 g/mol. The fourth-order valence-corrected chi connectivity index (χ4v) is 5.93. The molecule has 1 aromatic rings. The summed E-state index contributed by atoms with van der Waals surface area (Å²) in [5, 5.41) is 6.72. The second-order valence-electron chi connectivity index (χ2n) is 6.86. The summed E-state index contributed by atoms with van der Waals surface area (Å²) in [6.07, 6.45) is 9.04. The molecule has 0 fully saturated rings. The first kappa shape index (κ1) is 23.6. The molecule has 0 aliphatic carbocycles. The third-order valence-corrected chi connectivity index (χ3v) is 7.63. The minimum absolute atomic E-state index is 0. The molecule has 2 aliphatic heterocycles. The number of hydrogen-bond acceptors (Lipinski definition) is 6. The van der Waals surface area contributed by atoms with Crippen LogP contribution in [0.5, 0.6) is 11.5 Å².